The van der Waals surface area contributed by atoms with Gasteiger partial charge in [-0.3, -0.25) is 0 Å². The van der Waals surface area contributed by atoms with Gasteiger partial charge in [-0.15, -0.1) is 0 Å². The Morgan fingerprint density at radius 3 is 1.92 bits per heavy atom. The van der Waals surface area contributed by atoms with Gasteiger partial charge in [-0.25, -0.2) is 4.98 Å². The van der Waals surface area contributed by atoms with E-state index in [4.69, 9.17) is 5.73 Å². The highest BCUT2D eigenvalue weighted by Gasteiger charge is 2.40. The standard InChI is InChI=1S/C18H15N5S/c1-24-17-22-15(21-16(20)23-17)18(12-19,13-8-4-2-5-9-13)14-10-6-3-7-11-14/h2-11H,1H3,(H2,20,21,22,23). The van der Waals surface area contributed by atoms with E-state index >= 15 is 0 Å². The first-order valence-electron chi connectivity index (χ1n) is 7.29. The number of aromatic nitrogens is 3. The summed E-state index contributed by atoms with van der Waals surface area (Å²) < 4.78 is 0. The lowest BCUT2D eigenvalue weighted by atomic mass is 9.75. The SMILES string of the molecule is CSc1nc(N)nc(C(C#N)(c2ccccc2)c2ccccc2)n1. The molecule has 0 saturated heterocycles. The van der Waals surface area contributed by atoms with Crippen molar-refractivity contribution in [3.05, 3.63) is 77.6 Å². The molecule has 0 spiro atoms. The number of nitriles is 1. The summed E-state index contributed by atoms with van der Waals surface area (Å²) in [5.74, 6) is 0.440. The predicted octanol–water partition coefficient (Wildman–Crippen LogP) is 3.03. The third-order valence-corrected chi connectivity index (χ3v) is 4.28. The van der Waals surface area contributed by atoms with E-state index in [1.807, 2.05) is 66.9 Å². The Morgan fingerprint density at radius 1 is 0.917 bits per heavy atom. The summed E-state index contributed by atoms with van der Waals surface area (Å²) in [5.41, 5.74) is 6.29. The van der Waals surface area contributed by atoms with Crippen LogP contribution >= 0.6 is 11.8 Å². The molecule has 0 atom stereocenters. The van der Waals surface area contributed by atoms with E-state index in [0.29, 0.717) is 11.0 Å². The second kappa shape index (κ2) is 6.69. The van der Waals surface area contributed by atoms with Crippen molar-refractivity contribution < 1.29 is 0 Å². The summed E-state index contributed by atoms with van der Waals surface area (Å²) in [6, 6.07) is 21.4. The van der Waals surface area contributed by atoms with Crippen LogP contribution in [0.15, 0.2) is 65.8 Å². The van der Waals surface area contributed by atoms with E-state index in [9.17, 15) is 5.26 Å². The zero-order valence-electron chi connectivity index (χ0n) is 13.0. The predicted molar refractivity (Wildman–Crippen MR) is 94.4 cm³/mol. The summed E-state index contributed by atoms with van der Waals surface area (Å²) in [5, 5.41) is 10.7. The van der Waals surface area contributed by atoms with Crippen LogP contribution in [0.2, 0.25) is 0 Å². The monoisotopic (exact) mass is 333 g/mol. The molecule has 0 aliphatic rings. The van der Waals surface area contributed by atoms with Crippen LogP contribution in [0.4, 0.5) is 5.95 Å². The van der Waals surface area contributed by atoms with E-state index in [2.05, 4.69) is 21.0 Å². The first kappa shape index (κ1) is 16.0. The normalized spacial score (nSPS) is 11.0. The number of nitrogen functional groups attached to an aromatic ring is 1. The molecule has 2 aromatic carbocycles. The molecular weight excluding hydrogens is 318 g/mol. The molecule has 2 N–H and O–H groups in total. The van der Waals surface area contributed by atoms with E-state index in [1.54, 1.807) is 0 Å². The van der Waals surface area contributed by atoms with Crippen LogP contribution in [0.5, 0.6) is 0 Å². The minimum Gasteiger partial charge on any atom is -0.368 e. The zero-order valence-corrected chi connectivity index (χ0v) is 13.9. The van der Waals surface area contributed by atoms with Crippen LogP contribution in [-0.2, 0) is 5.41 Å². The van der Waals surface area contributed by atoms with Gasteiger partial charge in [-0.05, 0) is 17.4 Å². The molecule has 3 rings (SSSR count). The Kier molecular flexibility index (Phi) is 4.45. The van der Waals surface area contributed by atoms with Gasteiger partial charge in [-0.1, -0.05) is 72.4 Å². The Balaban J connectivity index is 2.35. The van der Waals surface area contributed by atoms with Crippen molar-refractivity contribution in [1.29, 1.82) is 5.26 Å². The molecule has 0 aliphatic heterocycles. The molecular formula is C18H15N5S. The Labute approximate surface area is 144 Å². The van der Waals surface area contributed by atoms with E-state index < -0.39 is 5.41 Å². The second-order valence-corrected chi connectivity index (χ2v) is 5.87. The molecule has 0 bridgehead atoms. The van der Waals surface area contributed by atoms with Gasteiger partial charge in [-0.2, -0.15) is 15.2 Å². The van der Waals surface area contributed by atoms with Crippen molar-refractivity contribution >= 4 is 17.7 Å². The fourth-order valence-corrected chi connectivity index (χ4v) is 2.97. The maximum Gasteiger partial charge on any atom is 0.224 e. The Morgan fingerprint density at radius 2 is 1.46 bits per heavy atom. The molecule has 118 valence electrons. The maximum atomic E-state index is 10.2. The quantitative estimate of drug-likeness (QED) is 0.738. The highest BCUT2D eigenvalue weighted by atomic mass is 32.2. The Bertz CT molecular complexity index is 835. The summed E-state index contributed by atoms with van der Waals surface area (Å²) in [4.78, 5) is 12.9. The minimum absolute atomic E-state index is 0.107. The molecule has 3 aromatic rings. The number of hydrogen-bond donors (Lipinski definition) is 1. The largest absolute Gasteiger partial charge is 0.368 e. The molecule has 24 heavy (non-hydrogen) atoms. The van der Waals surface area contributed by atoms with E-state index in [0.717, 1.165) is 11.1 Å². The van der Waals surface area contributed by atoms with E-state index in [1.165, 1.54) is 11.8 Å². The Hall–Kier alpha value is -2.91. The average molecular weight is 333 g/mol. The number of rotatable bonds is 4. The number of anilines is 1. The lowest BCUT2D eigenvalue weighted by Crippen LogP contribution is -2.31. The topological polar surface area (TPSA) is 88.5 Å². The van der Waals surface area contributed by atoms with Crippen molar-refractivity contribution in [2.45, 2.75) is 10.6 Å². The number of nitrogens with two attached hydrogens (primary N) is 1. The van der Waals surface area contributed by atoms with Crippen LogP contribution in [0, 0.1) is 11.3 Å². The molecule has 0 fully saturated rings. The van der Waals surface area contributed by atoms with Gasteiger partial charge in [0.15, 0.2) is 16.4 Å². The number of hydrogen-bond acceptors (Lipinski definition) is 6. The maximum absolute atomic E-state index is 10.2. The third-order valence-electron chi connectivity index (χ3n) is 3.73. The van der Waals surface area contributed by atoms with Crippen molar-refractivity contribution in [1.82, 2.24) is 15.0 Å². The van der Waals surface area contributed by atoms with Crippen LogP contribution < -0.4 is 5.73 Å². The van der Waals surface area contributed by atoms with Gasteiger partial charge in [0, 0.05) is 0 Å². The molecule has 0 radical (unpaired) electrons. The van der Waals surface area contributed by atoms with Gasteiger partial charge < -0.3 is 5.73 Å². The number of nitrogens with zero attached hydrogens (tertiary/aromatic N) is 4. The van der Waals surface area contributed by atoms with Gasteiger partial charge in [0.1, 0.15) is 0 Å². The van der Waals surface area contributed by atoms with Crippen molar-refractivity contribution in [2.75, 3.05) is 12.0 Å². The molecule has 5 nitrogen and oxygen atoms in total. The average Bonchev–Trinajstić information content (AvgIpc) is 2.64. The molecule has 0 amide bonds. The van der Waals surface area contributed by atoms with Crippen LogP contribution in [0.1, 0.15) is 17.0 Å². The summed E-state index contributed by atoms with van der Waals surface area (Å²) in [7, 11) is 0. The van der Waals surface area contributed by atoms with Crippen LogP contribution in [0.25, 0.3) is 0 Å². The van der Waals surface area contributed by atoms with Gasteiger partial charge >= 0.3 is 0 Å². The first-order chi connectivity index (χ1) is 11.7. The molecule has 0 saturated carbocycles. The van der Waals surface area contributed by atoms with Crippen LogP contribution in [-0.4, -0.2) is 21.2 Å². The molecule has 0 unspecified atom stereocenters. The van der Waals surface area contributed by atoms with Gasteiger partial charge in [0.05, 0.1) is 6.07 Å². The summed E-state index contributed by atoms with van der Waals surface area (Å²) in [6.07, 6.45) is 1.86. The smallest absolute Gasteiger partial charge is 0.224 e. The number of thioether (sulfide) groups is 1. The first-order valence-corrected chi connectivity index (χ1v) is 8.51. The van der Waals surface area contributed by atoms with E-state index in [-0.39, 0.29) is 5.95 Å². The fourth-order valence-electron chi connectivity index (χ4n) is 2.61. The zero-order chi connectivity index (χ0) is 17.0. The lowest BCUT2D eigenvalue weighted by molar-refractivity contribution is 0.686. The summed E-state index contributed by atoms with van der Waals surface area (Å²) >= 11 is 1.36. The highest BCUT2D eigenvalue weighted by Crippen LogP contribution is 2.37. The number of benzene rings is 2. The van der Waals surface area contributed by atoms with Crippen molar-refractivity contribution in [2.24, 2.45) is 0 Å². The third kappa shape index (κ3) is 2.70. The highest BCUT2D eigenvalue weighted by molar-refractivity contribution is 7.98. The van der Waals surface area contributed by atoms with Crippen molar-refractivity contribution in [3.63, 3.8) is 0 Å². The molecule has 6 heteroatoms. The lowest BCUT2D eigenvalue weighted by Gasteiger charge is -2.26. The van der Waals surface area contributed by atoms with Gasteiger partial charge in [0.25, 0.3) is 0 Å². The fraction of sp³-hybridized carbons (Fsp3) is 0.111. The van der Waals surface area contributed by atoms with Crippen LogP contribution in [0.3, 0.4) is 0 Å². The molecule has 0 aliphatic carbocycles. The van der Waals surface area contributed by atoms with Crippen molar-refractivity contribution in [3.8, 4) is 6.07 Å². The summed E-state index contributed by atoms with van der Waals surface area (Å²) in [6.45, 7) is 0. The molecule has 1 heterocycles. The minimum atomic E-state index is -1.15. The molecule has 1 aromatic heterocycles. The second-order valence-electron chi connectivity index (χ2n) is 5.10. The van der Waals surface area contributed by atoms with Gasteiger partial charge in [0.2, 0.25) is 5.95 Å².